The monoisotopic (exact) mass is 318 g/mol. The van der Waals surface area contributed by atoms with Crippen LogP contribution in [0.5, 0.6) is 17.8 Å². The Hall–Kier alpha value is -2.90. The van der Waals surface area contributed by atoms with E-state index >= 15 is 0 Å². The van der Waals surface area contributed by atoms with Crippen LogP contribution in [0.1, 0.15) is 11.4 Å². The number of benzene rings is 1. The van der Waals surface area contributed by atoms with E-state index in [2.05, 4.69) is 20.3 Å². The first-order chi connectivity index (χ1) is 11.1. The number of nitrogens with one attached hydrogen (secondary N) is 1. The average Bonchev–Trinajstić information content (AvgIpc) is 2.57. The smallest absolute Gasteiger partial charge is 0.322 e. The number of amides is 1. The Bertz CT molecular complexity index is 656. The minimum Gasteiger partial charge on any atom is -0.484 e. The Labute approximate surface area is 133 Å². The van der Waals surface area contributed by atoms with Crippen LogP contribution in [0.3, 0.4) is 0 Å². The molecule has 0 aliphatic carbocycles. The Kier molecular flexibility index (Phi) is 5.67. The molecule has 23 heavy (non-hydrogen) atoms. The summed E-state index contributed by atoms with van der Waals surface area (Å²) in [5, 5.41) is 2.66. The molecule has 2 rings (SSSR count). The number of carbonyl (C=O) groups is 1. The van der Waals surface area contributed by atoms with Crippen molar-refractivity contribution in [2.45, 2.75) is 13.5 Å². The van der Waals surface area contributed by atoms with Crippen molar-refractivity contribution in [3.63, 3.8) is 0 Å². The summed E-state index contributed by atoms with van der Waals surface area (Å²) in [5.74, 6) is 0.686. The van der Waals surface area contributed by atoms with Gasteiger partial charge in [-0.2, -0.15) is 9.97 Å². The molecule has 0 bridgehead atoms. The molecule has 8 nitrogen and oxygen atoms in total. The lowest BCUT2D eigenvalue weighted by Gasteiger charge is -2.08. The van der Waals surface area contributed by atoms with Crippen LogP contribution in [0.4, 0.5) is 0 Å². The number of ether oxygens (including phenoxy) is 3. The number of hydrogen-bond donors (Lipinski definition) is 1. The molecule has 122 valence electrons. The summed E-state index contributed by atoms with van der Waals surface area (Å²) in [4.78, 5) is 23.7. The molecule has 0 fully saturated rings. The highest BCUT2D eigenvalue weighted by molar-refractivity contribution is 5.77. The van der Waals surface area contributed by atoms with Gasteiger partial charge in [0.05, 0.1) is 20.8 Å². The molecule has 1 aromatic heterocycles. The third-order valence-electron chi connectivity index (χ3n) is 2.81. The maximum Gasteiger partial charge on any atom is 0.322 e. The maximum absolute atomic E-state index is 11.8. The van der Waals surface area contributed by atoms with E-state index in [1.807, 2.05) is 25.1 Å². The molecular weight excluding hydrogens is 300 g/mol. The van der Waals surface area contributed by atoms with E-state index in [9.17, 15) is 4.79 Å². The fourth-order valence-corrected chi connectivity index (χ4v) is 1.72. The maximum atomic E-state index is 11.8. The highest BCUT2D eigenvalue weighted by Gasteiger charge is 2.09. The molecule has 1 N–H and O–H groups in total. The third-order valence-corrected chi connectivity index (χ3v) is 2.81. The minimum atomic E-state index is -0.287. The molecular formula is C15H18N4O4. The largest absolute Gasteiger partial charge is 0.484 e. The molecule has 0 aliphatic rings. The van der Waals surface area contributed by atoms with Crippen molar-refractivity contribution in [3.8, 4) is 17.8 Å². The molecule has 0 saturated carbocycles. The topological polar surface area (TPSA) is 95.5 Å². The summed E-state index contributed by atoms with van der Waals surface area (Å²) >= 11 is 0. The van der Waals surface area contributed by atoms with Gasteiger partial charge in [0.25, 0.3) is 5.91 Å². The van der Waals surface area contributed by atoms with Gasteiger partial charge in [-0.3, -0.25) is 4.79 Å². The van der Waals surface area contributed by atoms with E-state index < -0.39 is 0 Å². The van der Waals surface area contributed by atoms with E-state index in [0.29, 0.717) is 11.6 Å². The van der Waals surface area contributed by atoms with Gasteiger partial charge in [-0.1, -0.05) is 12.1 Å². The first-order valence-corrected chi connectivity index (χ1v) is 6.90. The number of rotatable bonds is 7. The van der Waals surface area contributed by atoms with Crippen molar-refractivity contribution in [1.29, 1.82) is 0 Å². The van der Waals surface area contributed by atoms with Gasteiger partial charge < -0.3 is 19.5 Å². The highest BCUT2D eigenvalue weighted by Crippen LogP contribution is 2.12. The molecule has 0 radical (unpaired) electrons. The Morgan fingerprint density at radius 2 is 1.83 bits per heavy atom. The zero-order valence-corrected chi connectivity index (χ0v) is 13.2. The second-order valence-electron chi connectivity index (χ2n) is 4.61. The quantitative estimate of drug-likeness (QED) is 0.810. The van der Waals surface area contributed by atoms with Crippen LogP contribution in [-0.2, 0) is 11.3 Å². The van der Waals surface area contributed by atoms with Crippen LogP contribution in [0.15, 0.2) is 24.3 Å². The molecule has 1 heterocycles. The summed E-state index contributed by atoms with van der Waals surface area (Å²) < 4.78 is 15.3. The van der Waals surface area contributed by atoms with Crippen molar-refractivity contribution in [3.05, 3.63) is 35.7 Å². The minimum absolute atomic E-state index is 0.0944. The Balaban J connectivity index is 1.86. The van der Waals surface area contributed by atoms with Crippen molar-refractivity contribution < 1.29 is 19.0 Å². The zero-order chi connectivity index (χ0) is 16.7. The lowest BCUT2D eigenvalue weighted by Crippen LogP contribution is -2.29. The van der Waals surface area contributed by atoms with Crippen LogP contribution in [-0.4, -0.2) is 41.7 Å². The summed E-state index contributed by atoms with van der Waals surface area (Å²) in [6, 6.07) is 7.71. The van der Waals surface area contributed by atoms with E-state index in [1.54, 1.807) is 6.07 Å². The number of nitrogens with zero attached hydrogens (tertiary/aromatic N) is 3. The van der Waals surface area contributed by atoms with Gasteiger partial charge in [-0.15, -0.1) is 4.98 Å². The van der Waals surface area contributed by atoms with Gasteiger partial charge in [0.15, 0.2) is 12.4 Å². The summed E-state index contributed by atoms with van der Waals surface area (Å²) in [7, 11) is 2.87. The number of carbonyl (C=O) groups excluding carboxylic acids is 1. The number of methoxy groups -OCH3 is 2. The van der Waals surface area contributed by atoms with E-state index in [-0.39, 0.29) is 31.1 Å². The third kappa shape index (κ3) is 5.10. The second kappa shape index (κ2) is 7.92. The van der Waals surface area contributed by atoms with Crippen LogP contribution in [0.25, 0.3) is 0 Å². The van der Waals surface area contributed by atoms with Crippen LogP contribution in [0, 0.1) is 6.92 Å². The standard InChI is InChI=1S/C15H18N4O4/c1-10-5-4-6-11(7-10)23-9-13(20)16-8-12-17-14(21-2)19-15(18-12)22-3/h4-7H,8-9H2,1-3H3,(H,16,20). The van der Waals surface area contributed by atoms with Crippen molar-refractivity contribution in [2.24, 2.45) is 0 Å². The van der Waals surface area contributed by atoms with Crippen LogP contribution in [0.2, 0.25) is 0 Å². The van der Waals surface area contributed by atoms with Crippen molar-refractivity contribution in [1.82, 2.24) is 20.3 Å². The highest BCUT2D eigenvalue weighted by atomic mass is 16.5. The van der Waals surface area contributed by atoms with E-state index in [4.69, 9.17) is 14.2 Å². The number of aromatic nitrogens is 3. The lowest BCUT2D eigenvalue weighted by atomic mass is 10.2. The summed E-state index contributed by atoms with van der Waals surface area (Å²) in [6.45, 7) is 1.97. The fraction of sp³-hybridized carbons (Fsp3) is 0.333. The van der Waals surface area contributed by atoms with Crippen molar-refractivity contribution in [2.75, 3.05) is 20.8 Å². The zero-order valence-electron chi connectivity index (χ0n) is 13.2. The summed E-state index contributed by atoms with van der Waals surface area (Å²) in [5.41, 5.74) is 1.06. The Morgan fingerprint density at radius 3 is 2.43 bits per heavy atom. The van der Waals surface area contributed by atoms with Gasteiger partial charge in [0, 0.05) is 0 Å². The molecule has 0 unspecified atom stereocenters. The van der Waals surface area contributed by atoms with Gasteiger partial charge >= 0.3 is 12.0 Å². The molecule has 0 saturated heterocycles. The molecule has 1 amide bonds. The summed E-state index contributed by atoms with van der Waals surface area (Å²) in [6.07, 6.45) is 0. The molecule has 8 heteroatoms. The molecule has 1 aromatic carbocycles. The van der Waals surface area contributed by atoms with Gasteiger partial charge in [-0.05, 0) is 24.6 Å². The average molecular weight is 318 g/mol. The van der Waals surface area contributed by atoms with E-state index in [1.165, 1.54) is 14.2 Å². The lowest BCUT2D eigenvalue weighted by molar-refractivity contribution is -0.123. The molecule has 2 aromatic rings. The predicted molar refractivity (Wildman–Crippen MR) is 81.5 cm³/mol. The molecule has 0 aliphatic heterocycles. The molecule has 0 atom stereocenters. The van der Waals surface area contributed by atoms with Crippen LogP contribution >= 0.6 is 0 Å². The SMILES string of the molecule is COc1nc(CNC(=O)COc2cccc(C)c2)nc(OC)n1. The van der Waals surface area contributed by atoms with Gasteiger partial charge in [-0.25, -0.2) is 0 Å². The van der Waals surface area contributed by atoms with E-state index in [0.717, 1.165) is 5.56 Å². The van der Waals surface area contributed by atoms with Crippen LogP contribution < -0.4 is 19.5 Å². The second-order valence-corrected chi connectivity index (χ2v) is 4.61. The van der Waals surface area contributed by atoms with Gasteiger partial charge in [0.2, 0.25) is 0 Å². The molecule has 0 spiro atoms. The Morgan fingerprint density at radius 1 is 1.13 bits per heavy atom. The normalized spacial score (nSPS) is 10.0. The van der Waals surface area contributed by atoms with Crippen molar-refractivity contribution >= 4 is 5.91 Å². The fourth-order valence-electron chi connectivity index (χ4n) is 1.72. The first kappa shape index (κ1) is 16.5. The predicted octanol–water partition coefficient (Wildman–Crippen LogP) is 0.892. The number of hydrogen-bond acceptors (Lipinski definition) is 7. The first-order valence-electron chi connectivity index (χ1n) is 6.90. The number of aryl methyl sites for hydroxylation is 1. The van der Waals surface area contributed by atoms with Gasteiger partial charge in [0.1, 0.15) is 5.75 Å².